The van der Waals surface area contributed by atoms with Gasteiger partial charge < -0.3 is 0 Å². The van der Waals surface area contributed by atoms with E-state index in [1.54, 1.807) is 12.4 Å². The monoisotopic (exact) mass is 262 g/mol. The van der Waals surface area contributed by atoms with Crippen molar-refractivity contribution < 1.29 is 0 Å². The molecule has 3 rings (SSSR count). The van der Waals surface area contributed by atoms with Crippen LogP contribution in [0.4, 0.5) is 17.5 Å². The third kappa shape index (κ3) is 2.49. The van der Waals surface area contributed by atoms with Crippen molar-refractivity contribution in [1.82, 2.24) is 15.0 Å². The van der Waals surface area contributed by atoms with Gasteiger partial charge in [-0.25, -0.2) is 15.0 Å². The van der Waals surface area contributed by atoms with E-state index in [0.29, 0.717) is 0 Å². The zero-order chi connectivity index (χ0) is 13.8. The number of hydrogen-bond acceptors (Lipinski definition) is 4. The van der Waals surface area contributed by atoms with Crippen molar-refractivity contribution in [2.75, 3.05) is 4.90 Å². The van der Waals surface area contributed by atoms with Crippen molar-refractivity contribution in [3.05, 3.63) is 72.7 Å². The quantitative estimate of drug-likeness (QED) is 0.722. The van der Waals surface area contributed by atoms with Gasteiger partial charge in [0.1, 0.15) is 17.5 Å². The zero-order valence-corrected chi connectivity index (χ0v) is 11.1. The summed E-state index contributed by atoms with van der Waals surface area (Å²) in [6.07, 6.45) is 3.53. The van der Waals surface area contributed by atoms with Gasteiger partial charge in [-0.15, -0.1) is 0 Å². The van der Waals surface area contributed by atoms with Crippen LogP contribution in [0.2, 0.25) is 0 Å². The highest BCUT2D eigenvalue weighted by molar-refractivity contribution is 5.69. The Bertz CT molecular complexity index is 644. The average molecular weight is 262 g/mol. The fourth-order valence-electron chi connectivity index (χ4n) is 1.98. The molecule has 0 aliphatic heterocycles. The van der Waals surface area contributed by atoms with E-state index in [4.69, 9.17) is 0 Å². The Balaban J connectivity index is 2.14. The van der Waals surface area contributed by atoms with E-state index in [0.717, 1.165) is 23.1 Å². The fourth-order valence-corrected chi connectivity index (χ4v) is 1.98. The molecular formula is C16H14N4. The van der Waals surface area contributed by atoms with Gasteiger partial charge in [0.2, 0.25) is 0 Å². The molecule has 4 heteroatoms. The molecule has 0 spiro atoms. The minimum atomic E-state index is 0.796. The van der Waals surface area contributed by atoms with Crippen molar-refractivity contribution in [2.24, 2.45) is 0 Å². The summed E-state index contributed by atoms with van der Waals surface area (Å²) in [4.78, 5) is 15.3. The molecule has 0 fully saturated rings. The van der Waals surface area contributed by atoms with E-state index >= 15 is 0 Å². The Hall–Kier alpha value is -2.75. The molecule has 0 amide bonds. The molecule has 3 aromatic heterocycles. The first kappa shape index (κ1) is 12.3. The van der Waals surface area contributed by atoms with Crippen LogP contribution >= 0.6 is 0 Å². The summed E-state index contributed by atoms with van der Waals surface area (Å²) < 4.78 is 0. The summed E-state index contributed by atoms with van der Waals surface area (Å²) in [6, 6.07) is 17.5. The number of rotatable bonds is 3. The van der Waals surface area contributed by atoms with Crippen LogP contribution in [-0.4, -0.2) is 15.0 Å². The molecule has 20 heavy (non-hydrogen) atoms. The second kappa shape index (κ2) is 5.48. The van der Waals surface area contributed by atoms with Gasteiger partial charge >= 0.3 is 0 Å². The predicted molar refractivity (Wildman–Crippen MR) is 79.2 cm³/mol. The zero-order valence-electron chi connectivity index (χ0n) is 11.1. The van der Waals surface area contributed by atoms with Gasteiger partial charge in [-0.3, -0.25) is 4.90 Å². The van der Waals surface area contributed by atoms with Gasteiger partial charge in [0.15, 0.2) is 0 Å². The molecule has 0 saturated carbocycles. The molecule has 0 unspecified atom stereocenters. The van der Waals surface area contributed by atoms with Gasteiger partial charge in [0.05, 0.1) is 0 Å². The molecule has 0 bridgehead atoms. The van der Waals surface area contributed by atoms with Crippen LogP contribution in [0.1, 0.15) is 5.69 Å². The highest BCUT2D eigenvalue weighted by atomic mass is 15.3. The number of anilines is 3. The van der Waals surface area contributed by atoms with Crippen LogP contribution in [0, 0.1) is 6.92 Å². The standard InChI is InChI=1S/C16H14N4/c1-13-7-6-10-16(19-13)20(14-8-2-4-11-17-14)15-9-3-5-12-18-15/h2-12H,1H3. The first-order valence-corrected chi connectivity index (χ1v) is 6.40. The molecule has 0 N–H and O–H groups in total. The highest BCUT2D eigenvalue weighted by Gasteiger charge is 2.15. The first-order chi connectivity index (χ1) is 9.84. The van der Waals surface area contributed by atoms with E-state index in [2.05, 4.69) is 15.0 Å². The Morgan fingerprint density at radius 3 is 1.80 bits per heavy atom. The van der Waals surface area contributed by atoms with Crippen LogP contribution in [0.3, 0.4) is 0 Å². The van der Waals surface area contributed by atoms with Gasteiger partial charge in [0.25, 0.3) is 0 Å². The third-order valence-electron chi connectivity index (χ3n) is 2.86. The van der Waals surface area contributed by atoms with Crippen LogP contribution in [0.15, 0.2) is 67.0 Å². The van der Waals surface area contributed by atoms with Crippen molar-refractivity contribution in [3.63, 3.8) is 0 Å². The lowest BCUT2D eigenvalue weighted by Gasteiger charge is -2.21. The lowest BCUT2D eigenvalue weighted by molar-refractivity contribution is 1.06. The maximum Gasteiger partial charge on any atom is 0.140 e. The molecule has 4 nitrogen and oxygen atoms in total. The summed E-state index contributed by atoms with van der Waals surface area (Å²) >= 11 is 0. The molecular weight excluding hydrogens is 248 g/mol. The fraction of sp³-hybridized carbons (Fsp3) is 0.0625. The summed E-state index contributed by atoms with van der Waals surface area (Å²) in [5.41, 5.74) is 0.958. The summed E-state index contributed by atoms with van der Waals surface area (Å²) in [5, 5.41) is 0. The van der Waals surface area contributed by atoms with E-state index in [1.807, 2.05) is 66.4 Å². The van der Waals surface area contributed by atoms with Gasteiger partial charge in [-0.05, 0) is 43.3 Å². The summed E-state index contributed by atoms with van der Waals surface area (Å²) in [5.74, 6) is 2.40. The number of aryl methyl sites for hydroxylation is 1. The lowest BCUT2D eigenvalue weighted by atomic mass is 10.3. The first-order valence-electron chi connectivity index (χ1n) is 6.40. The van der Waals surface area contributed by atoms with E-state index in [-0.39, 0.29) is 0 Å². The average Bonchev–Trinajstić information content (AvgIpc) is 2.50. The number of pyridine rings is 3. The molecule has 0 aliphatic rings. The largest absolute Gasteiger partial charge is 0.262 e. The summed E-state index contributed by atoms with van der Waals surface area (Å²) in [7, 11) is 0. The molecule has 0 atom stereocenters. The van der Waals surface area contributed by atoms with Crippen LogP contribution in [-0.2, 0) is 0 Å². The number of hydrogen-bond donors (Lipinski definition) is 0. The Kier molecular flexibility index (Phi) is 3.37. The van der Waals surface area contributed by atoms with E-state index < -0.39 is 0 Å². The smallest absolute Gasteiger partial charge is 0.140 e. The molecule has 0 radical (unpaired) electrons. The van der Waals surface area contributed by atoms with Crippen LogP contribution in [0.25, 0.3) is 0 Å². The topological polar surface area (TPSA) is 41.9 Å². The normalized spacial score (nSPS) is 10.2. The second-order valence-corrected chi connectivity index (χ2v) is 4.35. The Morgan fingerprint density at radius 1 is 0.700 bits per heavy atom. The highest BCUT2D eigenvalue weighted by Crippen LogP contribution is 2.29. The van der Waals surface area contributed by atoms with Gasteiger partial charge in [-0.1, -0.05) is 18.2 Å². The number of aromatic nitrogens is 3. The Labute approximate surface area is 117 Å². The summed E-state index contributed by atoms with van der Waals surface area (Å²) in [6.45, 7) is 1.97. The molecule has 0 aromatic carbocycles. The van der Waals surface area contributed by atoms with E-state index in [1.165, 1.54) is 0 Å². The Morgan fingerprint density at radius 2 is 1.30 bits per heavy atom. The molecule has 98 valence electrons. The minimum Gasteiger partial charge on any atom is -0.262 e. The number of nitrogens with zero attached hydrogens (tertiary/aromatic N) is 4. The minimum absolute atomic E-state index is 0.796. The predicted octanol–water partition coefficient (Wildman–Crippen LogP) is 3.65. The maximum atomic E-state index is 4.57. The van der Waals surface area contributed by atoms with Gasteiger partial charge in [0, 0.05) is 18.1 Å². The molecule has 3 heterocycles. The van der Waals surface area contributed by atoms with Crippen LogP contribution < -0.4 is 4.90 Å². The van der Waals surface area contributed by atoms with Gasteiger partial charge in [-0.2, -0.15) is 0 Å². The van der Waals surface area contributed by atoms with Crippen molar-refractivity contribution >= 4 is 17.5 Å². The second-order valence-electron chi connectivity index (χ2n) is 4.35. The van der Waals surface area contributed by atoms with Crippen molar-refractivity contribution in [1.29, 1.82) is 0 Å². The molecule has 0 aliphatic carbocycles. The van der Waals surface area contributed by atoms with E-state index in [9.17, 15) is 0 Å². The lowest BCUT2D eigenvalue weighted by Crippen LogP contribution is -2.14. The maximum absolute atomic E-state index is 4.57. The van der Waals surface area contributed by atoms with Crippen LogP contribution in [0.5, 0.6) is 0 Å². The van der Waals surface area contributed by atoms with Crippen molar-refractivity contribution in [3.8, 4) is 0 Å². The molecule has 0 saturated heterocycles. The molecule has 3 aromatic rings. The van der Waals surface area contributed by atoms with Crippen molar-refractivity contribution in [2.45, 2.75) is 6.92 Å². The SMILES string of the molecule is Cc1cccc(N(c2ccccn2)c2ccccn2)n1. The third-order valence-corrected chi connectivity index (χ3v) is 2.86.